The molecule has 10 nitrogen and oxygen atoms in total. The molecule has 0 aliphatic heterocycles. The number of hydrogen-bond acceptors (Lipinski definition) is 10. The van der Waals surface area contributed by atoms with Crippen molar-refractivity contribution in [3.8, 4) is 0 Å². The van der Waals surface area contributed by atoms with Crippen molar-refractivity contribution in [1.29, 1.82) is 0 Å². The van der Waals surface area contributed by atoms with E-state index in [2.05, 4.69) is 79.5 Å². The van der Waals surface area contributed by atoms with Crippen LogP contribution in [0.15, 0.2) is 0 Å². The summed E-state index contributed by atoms with van der Waals surface area (Å²) >= 11 is 0. The number of carbonyl (C=O) groups excluding carboxylic acids is 6. The second-order valence-electron chi connectivity index (χ2n) is 2.47. The van der Waals surface area contributed by atoms with Gasteiger partial charge in [0, 0.05) is 12.7 Å². The minimum absolute atomic E-state index is 0. The maximum atomic E-state index is 9.33. The van der Waals surface area contributed by atoms with E-state index in [4.69, 9.17) is 19.8 Å². The third-order valence-corrected chi connectivity index (χ3v) is 0.670. The molecular weight excluding hydrogens is 1390 g/mol. The van der Waals surface area contributed by atoms with Crippen LogP contribution in [0.4, 0.5) is 0 Å². The second kappa shape index (κ2) is 331. The zero-order valence-corrected chi connectivity index (χ0v) is 40.4. The summed E-state index contributed by atoms with van der Waals surface area (Å²) in [6.07, 6.45) is 3.72. The van der Waals surface area contributed by atoms with E-state index in [1.165, 1.54) is 6.92 Å². The molecule has 0 aliphatic rings. The Morgan fingerprint density at radius 3 is 0.707 bits per heavy atom. The van der Waals surface area contributed by atoms with Crippen LogP contribution in [0.2, 0.25) is 0 Å². The molecule has 0 spiro atoms. The summed E-state index contributed by atoms with van der Waals surface area (Å²) in [5.41, 5.74) is 0. The smallest absolute Gasteiger partial charge is 0.569 e. The van der Waals surface area contributed by atoms with Crippen molar-refractivity contribution in [1.82, 2.24) is 0 Å². The topological polar surface area (TPSA) is 161 Å². The Hall–Kier alpha value is 1.17. The maximum Gasteiger partial charge on any atom is 2.00 e. The number of ether oxygens (including phenoxy) is 2. The Labute approximate surface area is 326 Å². The van der Waals surface area contributed by atoms with Crippen LogP contribution >= 0.6 is 0 Å². The Balaban J connectivity index is -0.0000000103. The van der Waals surface area contributed by atoms with Crippen LogP contribution in [0.5, 0.6) is 0 Å². The summed E-state index contributed by atoms with van der Waals surface area (Å²) in [4.78, 5) is 54.9. The molecule has 0 aromatic rings. The number of aliphatic hydroxyl groups is 2. The van der Waals surface area contributed by atoms with Crippen LogP contribution in [0.1, 0.15) is 54.9 Å². The Morgan fingerprint density at radius 1 is 0.585 bits per heavy atom. The molecule has 0 heterocycles. The van der Waals surface area contributed by atoms with Crippen molar-refractivity contribution in [3.63, 3.8) is 0 Å². The summed E-state index contributed by atoms with van der Waals surface area (Å²) in [5, 5.41) is 13.5. The minimum atomic E-state index is -0.676. The molecule has 0 saturated heterocycles. The third kappa shape index (κ3) is 946. The zero-order chi connectivity index (χ0) is 32.6. The summed E-state index contributed by atoms with van der Waals surface area (Å²) in [6.45, 7) is 31.2. The number of hydrogen-bond donors (Lipinski definition) is 2. The number of aliphatic hydroxyl groups excluding tert-OH is 2. The van der Waals surface area contributed by atoms with E-state index in [1.54, 1.807) is 34.6 Å². The Morgan fingerprint density at radius 2 is 0.707 bits per heavy atom. The van der Waals surface area contributed by atoms with Crippen LogP contribution in [0.25, 0.3) is 0 Å². The van der Waals surface area contributed by atoms with Gasteiger partial charge in [-0.15, -0.1) is 0 Å². The monoisotopic (exact) mass is 1450 g/mol. The fraction of sp³-hybridized carbons (Fsp3) is 0.385. The average molecular weight is 1450 g/mol. The van der Waals surface area contributed by atoms with E-state index in [0.717, 1.165) is 12.6 Å². The summed E-state index contributed by atoms with van der Waals surface area (Å²) in [6, 6.07) is 0. The molecule has 15 heteroatoms. The molecule has 0 unspecified atom stereocenters. The van der Waals surface area contributed by atoms with Gasteiger partial charge in [0.2, 0.25) is 0 Å². The van der Waals surface area contributed by atoms with Crippen molar-refractivity contribution in [3.05, 3.63) is 70.0 Å². The molecule has 2 N–H and O–H groups in total. The Bertz CT molecular complexity index is 273. The zero-order valence-electron chi connectivity index (χ0n) is 25.8. The van der Waals surface area contributed by atoms with Gasteiger partial charge in [0.25, 0.3) is 0 Å². The quantitative estimate of drug-likeness (QED) is 0.214. The molecule has 41 heavy (non-hydrogen) atoms. The summed E-state index contributed by atoms with van der Waals surface area (Å²) in [7, 11) is 10.4. The van der Waals surface area contributed by atoms with Gasteiger partial charge in [-0.3, -0.25) is 0 Å². The van der Waals surface area contributed by atoms with Crippen molar-refractivity contribution >= 4 is 37.2 Å². The van der Waals surface area contributed by atoms with Crippen LogP contribution < -0.4 is 0 Å². The standard InChI is InChI=1S/2C3H5O2.C3H3O2.C3H6O.C2H4O.5C2H5.2CH3O.5W/c2*1-5-3-2-4;1-3(5)2-4;1-2-3-4;1-2-3;7*1-2;;;;;/h2*2H,1,3H2;2H,1H2;3H,2H2,1H3;2H,1H3;5*1H2,2H3;2*2H,1H2;;;;;/q3*-1;;;7*-1;5*+2. The van der Waals surface area contributed by atoms with Gasteiger partial charge in [0.1, 0.15) is 25.1 Å². The van der Waals surface area contributed by atoms with Crippen molar-refractivity contribution in [2.75, 3.05) is 13.2 Å². The number of ketones is 1. The van der Waals surface area contributed by atoms with E-state index in [9.17, 15) is 19.2 Å². The molecule has 0 aromatic heterocycles. The number of rotatable bonds is 6. The summed E-state index contributed by atoms with van der Waals surface area (Å²) in [5.74, 6) is -0.676. The van der Waals surface area contributed by atoms with Crippen molar-refractivity contribution in [2.45, 2.75) is 54.9 Å². The third-order valence-electron chi connectivity index (χ3n) is 0.670. The van der Waals surface area contributed by atoms with Crippen molar-refractivity contribution < 1.29 is 154 Å². The molecule has 0 bridgehead atoms. The molecule has 0 atom stereocenters. The van der Waals surface area contributed by atoms with Gasteiger partial charge in [-0.25, -0.2) is 28.4 Å². The van der Waals surface area contributed by atoms with Crippen LogP contribution in [0.3, 0.4) is 0 Å². The van der Waals surface area contributed by atoms with Crippen LogP contribution in [0, 0.1) is 70.0 Å². The minimum Gasteiger partial charge on any atom is -0.569 e. The molecular formula is C26H54O10W5. The predicted molar refractivity (Wildman–Crippen MR) is 149 cm³/mol. The molecule has 0 aliphatic carbocycles. The summed E-state index contributed by atoms with van der Waals surface area (Å²) < 4.78 is 8.15. The number of Topliss-reactive ketones (excluding diaryl/α,β-unsaturated/α-hetero) is 1. The largest absolute Gasteiger partial charge is 2.00 e. The maximum absolute atomic E-state index is 9.33. The molecule has 0 saturated carbocycles. The van der Waals surface area contributed by atoms with Gasteiger partial charge in [0.15, 0.2) is 0 Å². The van der Waals surface area contributed by atoms with Crippen LogP contribution in [-0.4, -0.2) is 60.6 Å². The second-order valence-corrected chi connectivity index (χ2v) is 2.47. The van der Waals surface area contributed by atoms with Gasteiger partial charge in [-0.1, -0.05) is 6.92 Å². The first-order valence-corrected chi connectivity index (χ1v) is 9.86. The molecule has 0 radical (unpaired) electrons. The number of carbonyl (C=O) groups is 6. The van der Waals surface area contributed by atoms with Crippen LogP contribution in [-0.2, 0) is 144 Å². The fourth-order valence-corrected chi connectivity index (χ4v) is 0.0962. The van der Waals surface area contributed by atoms with Gasteiger partial charge >= 0.3 is 105 Å². The first-order valence-electron chi connectivity index (χ1n) is 9.86. The normalized spacial score (nSPS) is 4.54. The fourth-order valence-electron chi connectivity index (χ4n) is 0.0962. The molecule has 0 rings (SSSR count). The van der Waals surface area contributed by atoms with Gasteiger partial charge < -0.3 is 83.1 Å². The molecule has 0 fully saturated rings. The van der Waals surface area contributed by atoms with E-state index < -0.39 is 5.78 Å². The first-order chi connectivity index (χ1) is 17.4. The average Bonchev–Trinajstić information content (AvgIpc) is 2.98. The number of aldehydes is 5. The van der Waals surface area contributed by atoms with E-state index in [1.807, 2.05) is 6.92 Å². The molecule has 248 valence electrons. The van der Waals surface area contributed by atoms with E-state index >= 15 is 0 Å². The van der Waals surface area contributed by atoms with Gasteiger partial charge in [0.05, 0.1) is 19.0 Å². The van der Waals surface area contributed by atoms with Crippen molar-refractivity contribution in [2.24, 2.45) is 0 Å². The SMILES string of the molecule is CC=O.CCC=O.[CH2-]C.[CH2-]C.[CH2-]C.[CH2-]C.[CH2-]C.[CH2-]C(=O)C=O.[CH2-]O.[CH2-]O.[CH2-]OCC=O.[CH2-]OCC=O.[W+2].[W+2].[W+2].[W+2].[W+2]. The van der Waals surface area contributed by atoms with E-state index in [0.29, 0.717) is 19.0 Å². The van der Waals surface area contributed by atoms with Gasteiger partial charge in [-0.05, 0) is 6.92 Å². The molecule has 0 aromatic carbocycles. The predicted octanol–water partition coefficient (Wildman–Crippen LogP) is 4.87. The van der Waals surface area contributed by atoms with E-state index in [-0.39, 0.29) is 125 Å². The Kier molecular flexibility index (Phi) is 910. The first kappa shape index (κ1) is 113. The molecule has 0 amide bonds. The van der Waals surface area contributed by atoms with Gasteiger partial charge in [-0.2, -0.15) is 41.5 Å².